The number of nitrogens with one attached hydrogen (secondary N) is 2. The van der Waals surface area contributed by atoms with Gasteiger partial charge in [-0.3, -0.25) is 10.1 Å². The Balaban J connectivity index is 1.49. The second kappa shape index (κ2) is 11.2. The predicted molar refractivity (Wildman–Crippen MR) is 139 cm³/mol. The quantitative estimate of drug-likeness (QED) is 0.444. The van der Waals surface area contributed by atoms with Gasteiger partial charge in [0.1, 0.15) is 5.60 Å². The van der Waals surface area contributed by atoms with Crippen LogP contribution in [-0.4, -0.2) is 48.3 Å². The number of carbonyl (C=O) groups excluding carboxylic acids is 2. The van der Waals surface area contributed by atoms with Crippen LogP contribution in [0.25, 0.3) is 0 Å². The highest BCUT2D eigenvalue weighted by atomic mass is 32.1. The third kappa shape index (κ3) is 7.96. The molecule has 2 heterocycles. The van der Waals surface area contributed by atoms with E-state index in [9.17, 15) is 9.59 Å². The van der Waals surface area contributed by atoms with Gasteiger partial charge in [-0.2, -0.15) is 0 Å². The molecular formula is C25H31N5O4S. The summed E-state index contributed by atoms with van der Waals surface area (Å²) in [6.45, 7) is 7.76. The van der Waals surface area contributed by atoms with Crippen LogP contribution in [0, 0.1) is 6.92 Å². The lowest BCUT2D eigenvalue weighted by Crippen LogP contribution is -2.27. The standard InChI is InChI=1S/C25H31N5O4S/c1-16-7-9-19(20(13-16)30(5)6)22(31)27-17-8-10-21(26-14-17)33-12-11-18-15-35-23(28-18)29-24(32)34-25(2,3)4/h7-10,13-15H,11-12H2,1-6H3,(H,27,31)(H,28,29,32). The summed E-state index contributed by atoms with van der Waals surface area (Å²) in [6, 6.07) is 9.15. The molecule has 0 aliphatic rings. The van der Waals surface area contributed by atoms with Gasteiger partial charge < -0.3 is 19.7 Å². The van der Waals surface area contributed by atoms with Gasteiger partial charge in [-0.05, 0) is 51.5 Å². The molecule has 9 nitrogen and oxygen atoms in total. The Hall–Kier alpha value is -3.66. The van der Waals surface area contributed by atoms with E-state index in [-0.39, 0.29) is 5.91 Å². The molecule has 186 valence electrons. The third-order valence-electron chi connectivity index (χ3n) is 4.64. The zero-order chi connectivity index (χ0) is 25.6. The Morgan fingerprint density at radius 2 is 1.89 bits per heavy atom. The number of nitrogens with zero attached hydrogens (tertiary/aromatic N) is 3. The van der Waals surface area contributed by atoms with Gasteiger partial charge in [0.25, 0.3) is 5.91 Å². The molecule has 10 heteroatoms. The van der Waals surface area contributed by atoms with Gasteiger partial charge >= 0.3 is 6.09 Å². The average Bonchev–Trinajstić information content (AvgIpc) is 3.20. The zero-order valence-corrected chi connectivity index (χ0v) is 21.7. The first-order chi connectivity index (χ1) is 16.5. The van der Waals surface area contributed by atoms with Gasteiger partial charge in [0.15, 0.2) is 5.13 Å². The molecule has 0 aliphatic carbocycles. The van der Waals surface area contributed by atoms with Crippen molar-refractivity contribution >= 4 is 39.8 Å². The van der Waals surface area contributed by atoms with Gasteiger partial charge in [0, 0.05) is 37.6 Å². The number of aromatic nitrogens is 2. The van der Waals surface area contributed by atoms with E-state index in [0.29, 0.717) is 35.3 Å². The Morgan fingerprint density at radius 1 is 1.11 bits per heavy atom. The molecule has 3 rings (SSSR count). The molecule has 0 fully saturated rings. The van der Waals surface area contributed by atoms with Crippen LogP contribution in [-0.2, 0) is 11.2 Å². The Kier molecular flexibility index (Phi) is 8.29. The fraction of sp³-hybridized carbons (Fsp3) is 0.360. The van der Waals surface area contributed by atoms with Crippen LogP contribution in [0.4, 0.5) is 21.3 Å². The van der Waals surface area contributed by atoms with E-state index >= 15 is 0 Å². The summed E-state index contributed by atoms with van der Waals surface area (Å²) in [5.74, 6) is 0.234. The normalized spacial score (nSPS) is 11.0. The van der Waals surface area contributed by atoms with Gasteiger partial charge in [0.2, 0.25) is 5.88 Å². The summed E-state index contributed by atoms with van der Waals surface area (Å²) in [6.07, 6.45) is 1.57. The fourth-order valence-corrected chi connectivity index (χ4v) is 3.80. The van der Waals surface area contributed by atoms with Crippen LogP contribution in [0.2, 0.25) is 0 Å². The van der Waals surface area contributed by atoms with Crippen molar-refractivity contribution in [1.29, 1.82) is 0 Å². The predicted octanol–water partition coefficient (Wildman–Crippen LogP) is 5.13. The number of aryl methyl sites for hydroxylation is 1. The van der Waals surface area contributed by atoms with Crippen LogP contribution in [0.15, 0.2) is 41.9 Å². The maximum absolute atomic E-state index is 12.8. The van der Waals surface area contributed by atoms with E-state index in [0.717, 1.165) is 16.9 Å². The van der Waals surface area contributed by atoms with Crippen LogP contribution in [0.3, 0.4) is 0 Å². The molecular weight excluding hydrogens is 466 g/mol. The lowest BCUT2D eigenvalue weighted by Gasteiger charge is -2.18. The van der Waals surface area contributed by atoms with Gasteiger partial charge in [-0.1, -0.05) is 6.07 Å². The highest BCUT2D eigenvalue weighted by Gasteiger charge is 2.17. The molecule has 0 atom stereocenters. The molecule has 1 aromatic carbocycles. The minimum absolute atomic E-state index is 0.205. The van der Waals surface area contributed by atoms with Crippen molar-refractivity contribution in [3.8, 4) is 5.88 Å². The van der Waals surface area contributed by atoms with Crippen molar-refractivity contribution in [2.75, 3.05) is 36.2 Å². The lowest BCUT2D eigenvalue weighted by molar-refractivity contribution is 0.0635. The van der Waals surface area contributed by atoms with Crippen molar-refractivity contribution < 1.29 is 19.1 Å². The summed E-state index contributed by atoms with van der Waals surface area (Å²) >= 11 is 1.32. The molecule has 2 N–H and O–H groups in total. The van der Waals surface area contributed by atoms with Crippen molar-refractivity contribution in [3.63, 3.8) is 0 Å². The first-order valence-corrected chi connectivity index (χ1v) is 12.0. The van der Waals surface area contributed by atoms with E-state index < -0.39 is 11.7 Å². The lowest BCUT2D eigenvalue weighted by atomic mass is 10.1. The van der Waals surface area contributed by atoms with Crippen molar-refractivity contribution in [1.82, 2.24) is 9.97 Å². The number of hydrogen-bond acceptors (Lipinski definition) is 8. The highest BCUT2D eigenvalue weighted by molar-refractivity contribution is 7.13. The van der Waals surface area contributed by atoms with E-state index in [1.165, 1.54) is 11.3 Å². The minimum atomic E-state index is -0.570. The van der Waals surface area contributed by atoms with Gasteiger partial charge in [0.05, 0.1) is 29.7 Å². The monoisotopic (exact) mass is 497 g/mol. The molecule has 2 aromatic heterocycles. The number of anilines is 3. The molecule has 2 amide bonds. The van der Waals surface area contributed by atoms with Crippen molar-refractivity contribution in [2.24, 2.45) is 0 Å². The van der Waals surface area contributed by atoms with Crippen LogP contribution < -0.4 is 20.3 Å². The van der Waals surface area contributed by atoms with Crippen molar-refractivity contribution in [3.05, 3.63) is 58.7 Å². The number of amides is 2. The average molecular weight is 498 g/mol. The van der Waals surface area contributed by atoms with Gasteiger partial charge in [-0.25, -0.2) is 14.8 Å². The number of hydrogen-bond donors (Lipinski definition) is 2. The minimum Gasteiger partial charge on any atom is -0.477 e. The van der Waals surface area contributed by atoms with Crippen LogP contribution in [0.5, 0.6) is 5.88 Å². The molecule has 3 aromatic rings. The second-order valence-electron chi connectivity index (χ2n) is 9.12. The zero-order valence-electron chi connectivity index (χ0n) is 20.8. The third-order valence-corrected chi connectivity index (χ3v) is 5.45. The van der Waals surface area contributed by atoms with E-state index in [4.69, 9.17) is 9.47 Å². The first-order valence-electron chi connectivity index (χ1n) is 11.1. The summed E-state index contributed by atoms with van der Waals surface area (Å²) in [7, 11) is 3.81. The molecule has 0 aliphatic heterocycles. The first kappa shape index (κ1) is 26.0. The molecule has 0 spiro atoms. The Morgan fingerprint density at radius 3 is 2.54 bits per heavy atom. The number of carbonyl (C=O) groups is 2. The maximum atomic E-state index is 12.8. The molecule has 0 radical (unpaired) electrons. The SMILES string of the molecule is Cc1ccc(C(=O)Nc2ccc(OCCc3csc(NC(=O)OC(C)(C)C)n3)nc2)c(N(C)C)c1. The van der Waals surface area contributed by atoms with Crippen LogP contribution in [0.1, 0.15) is 42.4 Å². The van der Waals surface area contributed by atoms with Gasteiger partial charge in [-0.15, -0.1) is 11.3 Å². The smallest absolute Gasteiger partial charge is 0.413 e. The van der Waals surface area contributed by atoms with Crippen molar-refractivity contribution in [2.45, 2.75) is 39.7 Å². The topological polar surface area (TPSA) is 106 Å². The number of thiazole rings is 1. The molecule has 35 heavy (non-hydrogen) atoms. The summed E-state index contributed by atoms with van der Waals surface area (Å²) in [5, 5.41) is 7.83. The fourth-order valence-electron chi connectivity index (χ4n) is 3.07. The van der Waals surface area contributed by atoms with Crippen LogP contribution >= 0.6 is 11.3 Å². The number of benzene rings is 1. The summed E-state index contributed by atoms with van der Waals surface area (Å²) in [4.78, 5) is 35.2. The largest absolute Gasteiger partial charge is 0.477 e. The number of pyridine rings is 1. The number of rotatable bonds is 8. The molecule has 0 saturated carbocycles. The summed E-state index contributed by atoms with van der Waals surface area (Å²) in [5.41, 5.74) is 3.32. The molecule has 0 unspecified atom stereocenters. The summed E-state index contributed by atoms with van der Waals surface area (Å²) < 4.78 is 10.9. The Bertz CT molecular complexity index is 1170. The van der Waals surface area contributed by atoms with E-state index in [1.807, 2.05) is 49.5 Å². The second-order valence-corrected chi connectivity index (χ2v) is 9.98. The maximum Gasteiger partial charge on any atom is 0.413 e. The Labute approximate surface area is 209 Å². The number of ether oxygens (including phenoxy) is 2. The van der Waals surface area contributed by atoms with E-state index in [1.54, 1.807) is 39.1 Å². The molecule has 0 bridgehead atoms. The van der Waals surface area contributed by atoms with E-state index in [2.05, 4.69) is 20.6 Å². The molecule has 0 saturated heterocycles. The highest BCUT2D eigenvalue weighted by Crippen LogP contribution is 2.22.